The van der Waals surface area contributed by atoms with E-state index < -0.39 is 11.7 Å². The maximum atomic E-state index is 12.4. The summed E-state index contributed by atoms with van der Waals surface area (Å²) >= 11 is 0. The Morgan fingerprint density at radius 3 is 2.62 bits per heavy atom. The molecule has 1 aliphatic heterocycles. The molecule has 0 saturated carbocycles. The van der Waals surface area contributed by atoms with Gasteiger partial charge < -0.3 is 19.7 Å². The molecule has 1 saturated heterocycles. The number of rotatable bonds is 6. The Hall–Kier alpha value is -2.15. The lowest BCUT2D eigenvalue weighted by Crippen LogP contribution is -2.36. The second-order valence-corrected chi connectivity index (χ2v) is 7.41. The maximum absolute atomic E-state index is 12.4. The van der Waals surface area contributed by atoms with Crippen LogP contribution in [-0.4, -0.2) is 55.3 Å². The number of aromatic nitrogens is 1. The van der Waals surface area contributed by atoms with Crippen LogP contribution in [0.25, 0.3) is 0 Å². The van der Waals surface area contributed by atoms with E-state index in [1.165, 1.54) is 0 Å². The monoisotopic (exact) mass is 363 g/mol. The minimum absolute atomic E-state index is 0.0366. The Balaban J connectivity index is 1.81. The number of carbonyl (C=O) groups excluding carboxylic acids is 2. The summed E-state index contributed by atoms with van der Waals surface area (Å²) < 4.78 is 10.5. The van der Waals surface area contributed by atoms with E-state index in [1.54, 1.807) is 6.20 Å². The van der Waals surface area contributed by atoms with Gasteiger partial charge in [0, 0.05) is 37.8 Å². The number of amides is 1. The normalized spacial score (nSPS) is 14.8. The Kier molecular flexibility index (Phi) is 6.97. The number of alkyl carbamates (subject to hydrolysis) is 1. The van der Waals surface area contributed by atoms with Crippen LogP contribution in [0, 0.1) is 6.92 Å². The van der Waals surface area contributed by atoms with Crippen LogP contribution in [0.3, 0.4) is 0 Å². The summed E-state index contributed by atoms with van der Waals surface area (Å²) in [5.41, 5.74) is 1.04. The van der Waals surface area contributed by atoms with Gasteiger partial charge >= 0.3 is 6.09 Å². The molecule has 0 unspecified atom stereocenters. The summed E-state index contributed by atoms with van der Waals surface area (Å²) in [6, 6.07) is 1.96. The van der Waals surface area contributed by atoms with Gasteiger partial charge in [-0.25, -0.2) is 9.78 Å². The highest BCUT2D eigenvalue weighted by molar-refractivity contribution is 5.97. The fraction of sp³-hybridized carbons (Fsp3) is 0.632. The van der Waals surface area contributed by atoms with Crippen molar-refractivity contribution in [2.24, 2.45) is 0 Å². The zero-order valence-corrected chi connectivity index (χ0v) is 16.1. The van der Waals surface area contributed by atoms with Crippen molar-refractivity contribution in [1.29, 1.82) is 0 Å². The molecule has 1 aromatic heterocycles. The van der Waals surface area contributed by atoms with Crippen LogP contribution in [0.5, 0.6) is 0 Å². The third-order valence-electron chi connectivity index (χ3n) is 3.98. The standard InChI is InChI=1S/C19H29N3O4/c1-14-12-17(22-8-10-25-11-9-22)21-13-15(14)16(23)6-5-7-20-18(24)26-19(2,3)4/h12-13H,5-11H2,1-4H3,(H,20,24). The van der Waals surface area contributed by atoms with E-state index in [-0.39, 0.29) is 5.78 Å². The third kappa shape index (κ3) is 6.29. The number of morpholine rings is 1. The number of carbonyl (C=O) groups is 2. The topological polar surface area (TPSA) is 80.8 Å². The Bertz CT molecular complexity index is 634. The van der Waals surface area contributed by atoms with Crippen molar-refractivity contribution in [2.75, 3.05) is 37.7 Å². The first-order chi connectivity index (χ1) is 12.3. The number of nitrogens with one attached hydrogen (secondary N) is 1. The van der Waals surface area contributed by atoms with E-state index >= 15 is 0 Å². The number of nitrogens with zero attached hydrogens (tertiary/aromatic N) is 2. The quantitative estimate of drug-likeness (QED) is 0.618. The Morgan fingerprint density at radius 2 is 2.00 bits per heavy atom. The largest absolute Gasteiger partial charge is 0.444 e. The van der Waals surface area contributed by atoms with Gasteiger partial charge in [-0.05, 0) is 45.7 Å². The van der Waals surface area contributed by atoms with Crippen LogP contribution in [0.2, 0.25) is 0 Å². The van der Waals surface area contributed by atoms with Crippen molar-refractivity contribution < 1.29 is 19.1 Å². The molecule has 144 valence electrons. The van der Waals surface area contributed by atoms with Crippen molar-refractivity contribution in [3.05, 3.63) is 23.4 Å². The van der Waals surface area contributed by atoms with Gasteiger partial charge in [0.05, 0.1) is 13.2 Å². The molecule has 1 amide bonds. The maximum Gasteiger partial charge on any atom is 0.407 e. The van der Waals surface area contributed by atoms with Gasteiger partial charge in [-0.3, -0.25) is 4.79 Å². The second kappa shape index (κ2) is 8.98. The van der Waals surface area contributed by atoms with Gasteiger partial charge in [0.1, 0.15) is 11.4 Å². The van der Waals surface area contributed by atoms with Crippen molar-refractivity contribution in [3.8, 4) is 0 Å². The highest BCUT2D eigenvalue weighted by Crippen LogP contribution is 2.18. The number of hydrogen-bond donors (Lipinski definition) is 1. The van der Waals surface area contributed by atoms with E-state index in [2.05, 4.69) is 15.2 Å². The molecule has 0 aliphatic carbocycles. The predicted octanol–water partition coefficient (Wildman–Crippen LogP) is 2.71. The van der Waals surface area contributed by atoms with Crippen molar-refractivity contribution in [3.63, 3.8) is 0 Å². The van der Waals surface area contributed by atoms with Gasteiger partial charge in [0.25, 0.3) is 0 Å². The SMILES string of the molecule is Cc1cc(N2CCOCC2)ncc1C(=O)CCCNC(=O)OC(C)(C)C. The molecule has 1 N–H and O–H groups in total. The number of Topliss-reactive ketones (excluding diaryl/α,β-unsaturated/α-hetero) is 1. The lowest BCUT2D eigenvalue weighted by molar-refractivity contribution is 0.0525. The van der Waals surface area contributed by atoms with E-state index in [0.29, 0.717) is 38.2 Å². The molecule has 1 fully saturated rings. The van der Waals surface area contributed by atoms with Crippen LogP contribution < -0.4 is 10.2 Å². The average Bonchev–Trinajstić information content (AvgIpc) is 2.57. The summed E-state index contributed by atoms with van der Waals surface area (Å²) in [6.07, 6.45) is 2.11. The summed E-state index contributed by atoms with van der Waals surface area (Å²) in [5.74, 6) is 0.920. The molecule has 0 atom stereocenters. The lowest BCUT2D eigenvalue weighted by atomic mass is 10.0. The number of anilines is 1. The van der Waals surface area contributed by atoms with E-state index in [4.69, 9.17) is 9.47 Å². The molecule has 1 aliphatic rings. The second-order valence-electron chi connectivity index (χ2n) is 7.41. The van der Waals surface area contributed by atoms with Crippen LogP contribution in [-0.2, 0) is 9.47 Å². The fourth-order valence-electron chi connectivity index (χ4n) is 2.69. The molecule has 7 heteroatoms. The van der Waals surface area contributed by atoms with E-state index in [1.807, 2.05) is 33.8 Å². The van der Waals surface area contributed by atoms with Crippen molar-refractivity contribution in [1.82, 2.24) is 10.3 Å². The summed E-state index contributed by atoms with van der Waals surface area (Å²) in [5, 5.41) is 2.67. The number of ketones is 1. The lowest BCUT2D eigenvalue weighted by Gasteiger charge is -2.28. The predicted molar refractivity (Wildman–Crippen MR) is 99.8 cm³/mol. The molecule has 7 nitrogen and oxygen atoms in total. The van der Waals surface area contributed by atoms with E-state index in [0.717, 1.165) is 24.5 Å². The highest BCUT2D eigenvalue weighted by Gasteiger charge is 2.17. The van der Waals surface area contributed by atoms with Crippen LogP contribution in [0.1, 0.15) is 49.5 Å². The molecule has 0 aromatic carbocycles. The van der Waals surface area contributed by atoms with Crippen molar-refractivity contribution >= 4 is 17.7 Å². The molecule has 0 spiro atoms. The number of aryl methyl sites for hydroxylation is 1. The molecule has 0 radical (unpaired) electrons. The zero-order chi connectivity index (χ0) is 19.2. The number of hydrogen-bond acceptors (Lipinski definition) is 6. The number of pyridine rings is 1. The minimum Gasteiger partial charge on any atom is -0.444 e. The van der Waals surface area contributed by atoms with Gasteiger partial charge in [-0.15, -0.1) is 0 Å². The Labute approximate surface area is 155 Å². The summed E-state index contributed by atoms with van der Waals surface area (Å²) in [6.45, 7) is 10.8. The minimum atomic E-state index is -0.523. The molecule has 2 rings (SSSR count). The Morgan fingerprint density at radius 1 is 1.31 bits per heavy atom. The van der Waals surface area contributed by atoms with Crippen LogP contribution in [0.4, 0.5) is 10.6 Å². The van der Waals surface area contributed by atoms with E-state index in [9.17, 15) is 9.59 Å². The van der Waals surface area contributed by atoms with Gasteiger partial charge in [-0.2, -0.15) is 0 Å². The molecule has 26 heavy (non-hydrogen) atoms. The molecule has 1 aromatic rings. The first-order valence-electron chi connectivity index (χ1n) is 9.05. The first kappa shape index (κ1) is 20.2. The third-order valence-corrected chi connectivity index (χ3v) is 3.98. The average molecular weight is 363 g/mol. The van der Waals surface area contributed by atoms with Gasteiger partial charge in [0.2, 0.25) is 0 Å². The van der Waals surface area contributed by atoms with Crippen molar-refractivity contribution in [2.45, 2.75) is 46.1 Å². The smallest absolute Gasteiger partial charge is 0.407 e. The number of ether oxygens (including phenoxy) is 2. The zero-order valence-electron chi connectivity index (χ0n) is 16.1. The first-order valence-corrected chi connectivity index (χ1v) is 9.05. The van der Waals surface area contributed by atoms with Crippen LogP contribution in [0.15, 0.2) is 12.3 Å². The summed E-state index contributed by atoms with van der Waals surface area (Å²) in [4.78, 5) is 30.6. The van der Waals surface area contributed by atoms with Gasteiger partial charge in [-0.1, -0.05) is 0 Å². The molecular formula is C19H29N3O4. The summed E-state index contributed by atoms with van der Waals surface area (Å²) in [7, 11) is 0. The molecule has 2 heterocycles. The molecule has 0 bridgehead atoms. The van der Waals surface area contributed by atoms with Gasteiger partial charge in [0.15, 0.2) is 5.78 Å². The highest BCUT2D eigenvalue weighted by atomic mass is 16.6. The van der Waals surface area contributed by atoms with Crippen LogP contribution >= 0.6 is 0 Å². The molecular weight excluding hydrogens is 334 g/mol. The fourth-order valence-corrected chi connectivity index (χ4v) is 2.69.